The van der Waals surface area contributed by atoms with Crippen LogP contribution >= 0.6 is 17.2 Å². The van der Waals surface area contributed by atoms with Crippen LogP contribution in [0.1, 0.15) is 0 Å². The van der Waals surface area contributed by atoms with E-state index in [4.69, 9.17) is 9.47 Å². The molecule has 0 amide bonds. The molecule has 0 saturated carbocycles. The largest absolute Gasteiger partial charge is 0.496 e. The molecule has 0 aromatic heterocycles. The number of hydrogen-bond donors (Lipinski definition) is 0. The first-order valence-electron chi connectivity index (χ1n) is 7.71. The number of para-hydroxylation sites is 2. The molecule has 0 saturated heterocycles. The SMILES string of the molecule is COc1ccccc1Pc1ccccc1Pc1ccccc1OC. The summed E-state index contributed by atoms with van der Waals surface area (Å²) in [7, 11) is 4.60. The van der Waals surface area contributed by atoms with E-state index in [-0.39, 0.29) is 0 Å². The van der Waals surface area contributed by atoms with Gasteiger partial charge in [-0.25, -0.2) is 0 Å². The van der Waals surface area contributed by atoms with Crippen LogP contribution in [0.25, 0.3) is 0 Å². The van der Waals surface area contributed by atoms with Gasteiger partial charge in [0, 0.05) is 10.6 Å². The van der Waals surface area contributed by atoms with Gasteiger partial charge in [-0.05, 0) is 22.7 Å². The molecular formula is C20H20O2P2. The van der Waals surface area contributed by atoms with Crippen LogP contribution in [0, 0.1) is 0 Å². The van der Waals surface area contributed by atoms with Gasteiger partial charge in [-0.15, -0.1) is 0 Å². The minimum Gasteiger partial charge on any atom is -0.496 e. The van der Waals surface area contributed by atoms with Crippen molar-refractivity contribution in [1.29, 1.82) is 0 Å². The zero-order valence-electron chi connectivity index (χ0n) is 13.7. The Morgan fingerprint density at radius 2 is 0.833 bits per heavy atom. The average Bonchev–Trinajstić information content (AvgIpc) is 2.64. The molecule has 0 aliphatic rings. The Kier molecular flexibility index (Phi) is 5.86. The third-order valence-electron chi connectivity index (χ3n) is 3.68. The van der Waals surface area contributed by atoms with Crippen LogP contribution in [0.2, 0.25) is 0 Å². The standard InChI is InChI=1S/C20H20O2P2/c1-21-15-9-3-5-11-17(15)23-19-13-7-8-14-20(19)24-18-12-6-4-10-16(18)22-2/h3-14,23-24H,1-2H3. The summed E-state index contributed by atoms with van der Waals surface area (Å²) in [5, 5.41) is 5.17. The van der Waals surface area contributed by atoms with Crippen LogP contribution in [-0.4, -0.2) is 14.2 Å². The summed E-state index contributed by atoms with van der Waals surface area (Å²) in [6.07, 6.45) is 0. The molecule has 0 aliphatic heterocycles. The van der Waals surface area contributed by atoms with Crippen molar-refractivity contribution >= 4 is 38.4 Å². The lowest BCUT2D eigenvalue weighted by Crippen LogP contribution is -2.21. The van der Waals surface area contributed by atoms with Crippen molar-refractivity contribution in [3.8, 4) is 11.5 Å². The minimum atomic E-state index is 0.571. The Balaban J connectivity index is 1.91. The van der Waals surface area contributed by atoms with Crippen LogP contribution in [0.15, 0.2) is 72.8 Å². The number of rotatable bonds is 6. The molecule has 122 valence electrons. The molecule has 0 N–H and O–H groups in total. The molecule has 2 unspecified atom stereocenters. The molecule has 0 aliphatic carbocycles. The van der Waals surface area contributed by atoms with E-state index in [2.05, 4.69) is 48.5 Å². The van der Waals surface area contributed by atoms with Crippen molar-refractivity contribution in [3.05, 3.63) is 72.8 Å². The van der Waals surface area contributed by atoms with Crippen LogP contribution in [0.3, 0.4) is 0 Å². The van der Waals surface area contributed by atoms with Crippen LogP contribution in [-0.2, 0) is 0 Å². The Morgan fingerprint density at radius 3 is 1.21 bits per heavy atom. The van der Waals surface area contributed by atoms with Crippen molar-refractivity contribution in [2.75, 3.05) is 14.2 Å². The van der Waals surface area contributed by atoms with Crippen LogP contribution < -0.4 is 30.7 Å². The highest BCUT2D eigenvalue weighted by molar-refractivity contribution is 7.62. The molecule has 4 heteroatoms. The van der Waals surface area contributed by atoms with Crippen LogP contribution in [0.4, 0.5) is 0 Å². The van der Waals surface area contributed by atoms with E-state index in [1.807, 2.05) is 24.3 Å². The lowest BCUT2D eigenvalue weighted by molar-refractivity contribution is 0.418. The quantitative estimate of drug-likeness (QED) is 0.634. The predicted molar refractivity (Wildman–Crippen MR) is 108 cm³/mol. The van der Waals surface area contributed by atoms with E-state index in [0.29, 0.717) is 17.2 Å². The molecule has 24 heavy (non-hydrogen) atoms. The van der Waals surface area contributed by atoms with Gasteiger partial charge in [-0.2, -0.15) is 0 Å². The number of hydrogen-bond acceptors (Lipinski definition) is 2. The molecule has 2 atom stereocenters. The molecule has 0 fully saturated rings. The summed E-state index contributed by atoms with van der Waals surface area (Å²) in [5.74, 6) is 1.90. The molecule has 0 heterocycles. The third-order valence-corrected chi connectivity index (χ3v) is 6.71. The Hall–Kier alpha value is -1.88. The molecule has 0 bridgehead atoms. The fourth-order valence-corrected chi connectivity index (χ4v) is 5.21. The molecule has 2 nitrogen and oxygen atoms in total. The van der Waals surface area contributed by atoms with Crippen molar-refractivity contribution in [3.63, 3.8) is 0 Å². The second kappa shape index (κ2) is 8.29. The van der Waals surface area contributed by atoms with E-state index in [9.17, 15) is 0 Å². The van der Waals surface area contributed by atoms with Gasteiger partial charge in [-0.1, -0.05) is 77.8 Å². The number of benzene rings is 3. The maximum Gasteiger partial charge on any atom is 0.126 e. The normalized spacial score (nSPS) is 11.4. The summed E-state index contributed by atoms with van der Waals surface area (Å²) in [4.78, 5) is 0. The zero-order valence-corrected chi connectivity index (χ0v) is 15.7. The van der Waals surface area contributed by atoms with Gasteiger partial charge in [0.25, 0.3) is 0 Å². The topological polar surface area (TPSA) is 18.5 Å². The highest BCUT2D eigenvalue weighted by Crippen LogP contribution is 2.23. The fourth-order valence-electron chi connectivity index (χ4n) is 2.49. The summed E-state index contributed by atoms with van der Waals surface area (Å²) in [5.41, 5.74) is 0. The predicted octanol–water partition coefficient (Wildman–Crippen LogP) is 2.96. The number of methoxy groups -OCH3 is 2. The van der Waals surface area contributed by atoms with E-state index in [0.717, 1.165) is 11.5 Å². The van der Waals surface area contributed by atoms with Gasteiger partial charge < -0.3 is 9.47 Å². The highest BCUT2D eigenvalue weighted by atomic mass is 31.1. The third kappa shape index (κ3) is 3.96. The molecular weight excluding hydrogens is 334 g/mol. The van der Waals surface area contributed by atoms with E-state index < -0.39 is 0 Å². The lowest BCUT2D eigenvalue weighted by atomic mass is 10.3. The number of ether oxygens (including phenoxy) is 2. The average molecular weight is 354 g/mol. The summed E-state index contributed by atoms with van der Waals surface area (Å²) >= 11 is 0. The van der Waals surface area contributed by atoms with E-state index in [1.54, 1.807) is 14.2 Å². The van der Waals surface area contributed by atoms with Gasteiger partial charge >= 0.3 is 0 Å². The summed E-state index contributed by atoms with van der Waals surface area (Å²) in [6.45, 7) is 0. The molecule has 3 aromatic carbocycles. The monoisotopic (exact) mass is 354 g/mol. The van der Waals surface area contributed by atoms with Gasteiger partial charge in [0.1, 0.15) is 11.5 Å². The smallest absolute Gasteiger partial charge is 0.126 e. The Labute approximate surface area is 146 Å². The fraction of sp³-hybridized carbons (Fsp3) is 0.100. The van der Waals surface area contributed by atoms with Crippen molar-refractivity contribution in [2.24, 2.45) is 0 Å². The first-order valence-corrected chi connectivity index (χ1v) is 9.71. The highest BCUT2D eigenvalue weighted by Gasteiger charge is 2.09. The first-order chi connectivity index (χ1) is 11.8. The second-order valence-corrected chi connectivity index (χ2v) is 7.85. The van der Waals surface area contributed by atoms with Crippen LogP contribution in [0.5, 0.6) is 11.5 Å². The Bertz CT molecular complexity index is 749. The van der Waals surface area contributed by atoms with E-state index >= 15 is 0 Å². The maximum atomic E-state index is 5.50. The van der Waals surface area contributed by atoms with Crippen molar-refractivity contribution in [2.45, 2.75) is 0 Å². The van der Waals surface area contributed by atoms with Crippen molar-refractivity contribution in [1.82, 2.24) is 0 Å². The van der Waals surface area contributed by atoms with Gasteiger partial charge in [0.2, 0.25) is 0 Å². The summed E-state index contributed by atoms with van der Waals surface area (Å²) in [6, 6.07) is 25.1. The van der Waals surface area contributed by atoms with E-state index in [1.165, 1.54) is 21.2 Å². The van der Waals surface area contributed by atoms with Crippen molar-refractivity contribution < 1.29 is 9.47 Å². The van der Waals surface area contributed by atoms with Gasteiger partial charge in [0.05, 0.1) is 14.2 Å². The van der Waals surface area contributed by atoms with Gasteiger partial charge in [0.15, 0.2) is 0 Å². The lowest BCUT2D eigenvalue weighted by Gasteiger charge is -2.14. The first kappa shape index (κ1) is 17.0. The molecule has 0 radical (unpaired) electrons. The molecule has 0 spiro atoms. The maximum absolute atomic E-state index is 5.50. The zero-order chi connectivity index (χ0) is 16.8. The minimum absolute atomic E-state index is 0.571. The molecule has 3 rings (SSSR count). The second-order valence-electron chi connectivity index (χ2n) is 5.20. The Morgan fingerprint density at radius 1 is 0.500 bits per heavy atom. The molecule has 3 aromatic rings. The summed E-state index contributed by atoms with van der Waals surface area (Å²) < 4.78 is 11.0. The van der Waals surface area contributed by atoms with Gasteiger partial charge in [-0.3, -0.25) is 0 Å².